The number of carbonyl (C=O) groups excluding carboxylic acids is 2. The molecule has 0 aromatic heterocycles. The van der Waals surface area contributed by atoms with Gasteiger partial charge in [-0.1, -0.05) is 12.1 Å². The molecule has 3 atom stereocenters. The molecule has 0 aliphatic rings. The summed E-state index contributed by atoms with van der Waals surface area (Å²) in [6.45, 7) is 0.649. The first kappa shape index (κ1) is 27.7. The first-order chi connectivity index (χ1) is 15.6. The van der Waals surface area contributed by atoms with Gasteiger partial charge in [-0.05, 0) is 62.8 Å². The number of phenols is 1. The molecule has 0 heterocycles. The van der Waals surface area contributed by atoms with Crippen LogP contribution in [0.25, 0.3) is 0 Å². The standard InChI is InChI=1S/C21H35N7O5/c22-10-2-1-4-16(19(31)28-17(20(32)33)5-3-11-26-21(24)25)27-18(30)15(23)12-13-6-8-14(29)9-7-13/h6-9,15-17,29H,1-5,10-12,22-23H2,(H,27,30)(H,28,31)(H,32,33)(H4,24,25,26). The van der Waals surface area contributed by atoms with E-state index in [-0.39, 0.29) is 37.5 Å². The Bertz CT molecular complexity index is 797. The van der Waals surface area contributed by atoms with Crippen molar-refractivity contribution in [2.45, 2.75) is 56.7 Å². The highest BCUT2D eigenvalue weighted by Crippen LogP contribution is 2.11. The van der Waals surface area contributed by atoms with E-state index in [1.54, 1.807) is 12.1 Å². The summed E-state index contributed by atoms with van der Waals surface area (Å²) in [5.74, 6) is -2.37. The van der Waals surface area contributed by atoms with E-state index >= 15 is 0 Å². The Morgan fingerprint density at radius 2 is 1.55 bits per heavy atom. The van der Waals surface area contributed by atoms with Gasteiger partial charge in [0.05, 0.1) is 6.04 Å². The Balaban J connectivity index is 2.76. The van der Waals surface area contributed by atoms with Gasteiger partial charge in [0.25, 0.3) is 0 Å². The van der Waals surface area contributed by atoms with Crippen LogP contribution in [0.2, 0.25) is 0 Å². The van der Waals surface area contributed by atoms with Crippen LogP contribution in [0.5, 0.6) is 5.75 Å². The SMILES string of the molecule is NCCCCC(NC(=O)C(N)Cc1ccc(O)cc1)C(=O)NC(CCCN=C(N)N)C(=O)O. The molecule has 12 heteroatoms. The van der Waals surface area contributed by atoms with Crippen molar-refractivity contribution < 1.29 is 24.6 Å². The Morgan fingerprint density at radius 3 is 2.12 bits per heavy atom. The zero-order valence-corrected chi connectivity index (χ0v) is 18.6. The van der Waals surface area contributed by atoms with Crippen LogP contribution in [-0.4, -0.2) is 65.2 Å². The van der Waals surface area contributed by atoms with Crippen LogP contribution in [0.3, 0.4) is 0 Å². The summed E-state index contributed by atoms with van der Waals surface area (Å²) >= 11 is 0. The van der Waals surface area contributed by atoms with Crippen LogP contribution in [0.4, 0.5) is 0 Å². The lowest BCUT2D eigenvalue weighted by molar-refractivity contribution is -0.142. The van der Waals surface area contributed by atoms with Crippen molar-refractivity contribution in [2.75, 3.05) is 13.1 Å². The Morgan fingerprint density at radius 1 is 0.939 bits per heavy atom. The predicted octanol–water partition coefficient (Wildman–Crippen LogP) is -1.50. The lowest BCUT2D eigenvalue weighted by Gasteiger charge is -2.23. The number of unbranched alkanes of at least 4 members (excludes halogenated alkanes) is 1. The van der Waals surface area contributed by atoms with Gasteiger partial charge in [0.2, 0.25) is 11.8 Å². The number of nitrogens with zero attached hydrogens (tertiary/aromatic N) is 1. The van der Waals surface area contributed by atoms with E-state index in [1.165, 1.54) is 12.1 Å². The molecule has 0 saturated heterocycles. The number of carboxylic acid groups (broad SMARTS) is 1. The van der Waals surface area contributed by atoms with E-state index in [0.717, 1.165) is 5.56 Å². The number of phenolic OH excluding ortho intramolecular Hbond substituents is 1. The number of aromatic hydroxyl groups is 1. The molecule has 0 bridgehead atoms. The molecule has 1 rings (SSSR count). The Kier molecular flexibility index (Phi) is 12.3. The number of nitrogens with one attached hydrogen (secondary N) is 2. The maximum absolute atomic E-state index is 12.8. The lowest BCUT2D eigenvalue weighted by atomic mass is 10.0. The second kappa shape index (κ2) is 14.6. The fourth-order valence-corrected chi connectivity index (χ4v) is 3.05. The molecule has 0 spiro atoms. The second-order valence-electron chi connectivity index (χ2n) is 7.67. The molecule has 0 fully saturated rings. The number of carbonyl (C=O) groups is 3. The second-order valence-corrected chi connectivity index (χ2v) is 7.67. The molecule has 184 valence electrons. The quantitative estimate of drug-likeness (QED) is 0.0853. The molecular weight excluding hydrogens is 430 g/mol. The number of hydrogen-bond donors (Lipinski definition) is 8. The average Bonchev–Trinajstić information content (AvgIpc) is 2.76. The number of aliphatic carboxylic acids is 1. The van der Waals surface area contributed by atoms with E-state index in [1.807, 2.05) is 0 Å². The zero-order chi connectivity index (χ0) is 24.8. The van der Waals surface area contributed by atoms with Crippen molar-refractivity contribution in [3.8, 4) is 5.75 Å². The highest BCUT2D eigenvalue weighted by atomic mass is 16.4. The molecular formula is C21H35N7O5. The van der Waals surface area contributed by atoms with Gasteiger partial charge in [-0.3, -0.25) is 14.6 Å². The molecule has 0 radical (unpaired) electrons. The monoisotopic (exact) mass is 465 g/mol. The van der Waals surface area contributed by atoms with Crippen molar-refractivity contribution in [1.82, 2.24) is 10.6 Å². The van der Waals surface area contributed by atoms with Crippen LogP contribution in [0.1, 0.15) is 37.7 Å². The van der Waals surface area contributed by atoms with Crippen molar-refractivity contribution >= 4 is 23.7 Å². The Labute approximate surface area is 192 Å². The molecule has 0 aliphatic carbocycles. The minimum Gasteiger partial charge on any atom is -0.508 e. The molecule has 33 heavy (non-hydrogen) atoms. The third kappa shape index (κ3) is 11.2. The van der Waals surface area contributed by atoms with Gasteiger partial charge in [0.1, 0.15) is 17.8 Å². The van der Waals surface area contributed by atoms with E-state index in [0.29, 0.717) is 25.8 Å². The molecule has 3 unspecified atom stereocenters. The number of guanidine groups is 1. The van der Waals surface area contributed by atoms with Gasteiger partial charge in [-0.15, -0.1) is 0 Å². The number of aliphatic imine (C=N–C) groups is 1. The van der Waals surface area contributed by atoms with Gasteiger partial charge in [-0.25, -0.2) is 4.79 Å². The minimum atomic E-state index is -1.20. The van der Waals surface area contributed by atoms with Crippen LogP contribution in [0.15, 0.2) is 29.3 Å². The summed E-state index contributed by atoms with van der Waals surface area (Å²) in [7, 11) is 0. The van der Waals surface area contributed by atoms with E-state index in [4.69, 9.17) is 22.9 Å². The number of carboxylic acids is 1. The highest BCUT2D eigenvalue weighted by molar-refractivity contribution is 5.91. The molecule has 12 N–H and O–H groups in total. The topological polar surface area (TPSA) is 232 Å². The first-order valence-electron chi connectivity index (χ1n) is 10.8. The molecule has 1 aromatic carbocycles. The van der Waals surface area contributed by atoms with Crippen LogP contribution >= 0.6 is 0 Å². The number of amides is 2. The zero-order valence-electron chi connectivity index (χ0n) is 18.6. The van der Waals surface area contributed by atoms with Crippen molar-refractivity contribution in [1.29, 1.82) is 0 Å². The lowest BCUT2D eigenvalue weighted by Crippen LogP contribution is -2.54. The summed E-state index contributed by atoms with van der Waals surface area (Å²) in [5, 5.41) is 23.9. The number of hydrogen-bond acceptors (Lipinski definition) is 7. The van der Waals surface area contributed by atoms with Gasteiger partial charge in [0.15, 0.2) is 5.96 Å². The number of rotatable bonds is 15. The largest absolute Gasteiger partial charge is 0.508 e. The molecule has 12 nitrogen and oxygen atoms in total. The summed E-state index contributed by atoms with van der Waals surface area (Å²) in [6, 6.07) is 3.21. The highest BCUT2D eigenvalue weighted by Gasteiger charge is 2.27. The van der Waals surface area contributed by atoms with E-state index in [2.05, 4.69) is 15.6 Å². The third-order valence-corrected chi connectivity index (χ3v) is 4.87. The molecule has 2 amide bonds. The summed E-state index contributed by atoms with van der Waals surface area (Å²) in [6.07, 6.45) is 2.13. The van der Waals surface area contributed by atoms with Gasteiger partial charge >= 0.3 is 5.97 Å². The maximum atomic E-state index is 12.8. The van der Waals surface area contributed by atoms with Crippen LogP contribution < -0.4 is 33.6 Å². The van der Waals surface area contributed by atoms with Gasteiger partial charge in [-0.2, -0.15) is 0 Å². The van der Waals surface area contributed by atoms with Crippen LogP contribution in [-0.2, 0) is 20.8 Å². The molecule has 0 aliphatic heterocycles. The van der Waals surface area contributed by atoms with E-state index in [9.17, 15) is 24.6 Å². The third-order valence-electron chi connectivity index (χ3n) is 4.87. The molecule has 0 saturated carbocycles. The van der Waals surface area contributed by atoms with Crippen molar-refractivity contribution in [3.05, 3.63) is 29.8 Å². The fraction of sp³-hybridized carbons (Fsp3) is 0.524. The average molecular weight is 466 g/mol. The Hall–Kier alpha value is -3.38. The number of nitrogens with two attached hydrogens (primary N) is 4. The smallest absolute Gasteiger partial charge is 0.326 e. The summed E-state index contributed by atoms with van der Waals surface area (Å²) in [5.41, 5.74) is 22.7. The molecule has 1 aromatic rings. The van der Waals surface area contributed by atoms with Crippen molar-refractivity contribution in [3.63, 3.8) is 0 Å². The van der Waals surface area contributed by atoms with Gasteiger partial charge < -0.3 is 43.8 Å². The summed E-state index contributed by atoms with van der Waals surface area (Å²) < 4.78 is 0. The van der Waals surface area contributed by atoms with Crippen molar-refractivity contribution in [2.24, 2.45) is 27.9 Å². The fourth-order valence-electron chi connectivity index (χ4n) is 3.05. The minimum absolute atomic E-state index is 0.0969. The number of benzene rings is 1. The maximum Gasteiger partial charge on any atom is 0.326 e. The normalized spacial score (nSPS) is 13.4. The first-order valence-corrected chi connectivity index (χ1v) is 10.8. The van der Waals surface area contributed by atoms with Crippen LogP contribution in [0, 0.1) is 0 Å². The predicted molar refractivity (Wildman–Crippen MR) is 124 cm³/mol. The summed E-state index contributed by atoms with van der Waals surface area (Å²) in [4.78, 5) is 40.8. The van der Waals surface area contributed by atoms with Gasteiger partial charge in [0, 0.05) is 6.54 Å². The van der Waals surface area contributed by atoms with E-state index < -0.39 is 35.9 Å².